The molecule has 0 aliphatic carbocycles. The summed E-state index contributed by atoms with van der Waals surface area (Å²) in [6, 6.07) is 11.9. The number of carbonyl (C=O) groups excluding carboxylic acids is 1. The summed E-state index contributed by atoms with van der Waals surface area (Å²) in [6.07, 6.45) is 0.960. The number of anilines is 2. The quantitative estimate of drug-likeness (QED) is 0.442. The minimum Gasteiger partial charge on any atom is -0.372 e. The average Bonchev–Trinajstić information content (AvgIpc) is 2.73. The smallest absolute Gasteiger partial charge is 0.271 e. The van der Waals surface area contributed by atoms with E-state index in [0.717, 1.165) is 41.0 Å². The molecular formula is C21H28N4O5S. The van der Waals surface area contributed by atoms with Crippen LogP contribution in [0.25, 0.3) is 0 Å². The number of carbonyl (C=O) groups is 1. The summed E-state index contributed by atoms with van der Waals surface area (Å²) in [4.78, 5) is 25.3. The molecule has 0 heterocycles. The molecule has 10 heteroatoms. The van der Waals surface area contributed by atoms with E-state index in [1.807, 2.05) is 24.3 Å². The molecule has 0 bridgehead atoms. The van der Waals surface area contributed by atoms with Crippen LogP contribution in [0.15, 0.2) is 48.5 Å². The summed E-state index contributed by atoms with van der Waals surface area (Å²) in [6.45, 7) is 7.61. The lowest BCUT2D eigenvalue weighted by Gasteiger charge is -2.28. The number of benzene rings is 2. The third-order valence-electron chi connectivity index (χ3n) is 4.92. The summed E-state index contributed by atoms with van der Waals surface area (Å²) in [7, 11) is -3.86. The van der Waals surface area contributed by atoms with E-state index in [9.17, 15) is 23.3 Å². The summed E-state index contributed by atoms with van der Waals surface area (Å²) in [5.74, 6) is -0.509. The van der Waals surface area contributed by atoms with Gasteiger partial charge >= 0.3 is 0 Å². The van der Waals surface area contributed by atoms with Crippen molar-refractivity contribution >= 4 is 33.0 Å². The van der Waals surface area contributed by atoms with Crippen LogP contribution in [-0.2, 0) is 21.4 Å². The summed E-state index contributed by atoms with van der Waals surface area (Å²) < 4.78 is 25.6. The molecule has 0 spiro atoms. The lowest BCUT2D eigenvalue weighted by Crippen LogP contribution is -2.47. The van der Waals surface area contributed by atoms with Crippen molar-refractivity contribution in [2.75, 3.05) is 28.6 Å². The Kier molecular flexibility index (Phi) is 7.98. The van der Waals surface area contributed by atoms with Crippen LogP contribution in [0.5, 0.6) is 0 Å². The minimum absolute atomic E-state index is 0.0583. The average molecular weight is 449 g/mol. The van der Waals surface area contributed by atoms with Gasteiger partial charge in [-0.3, -0.25) is 19.2 Å². The molecule has 0 radical (unpaired) electrons. The Labute approximate surface area is 182 Å². The number of non-ortho nitro benzene ring substituents is 1. The summed E-state index contributed by atoms with van der Waals surface area (Å²) in [5, 5.41) is 13.8. The first-order valence-corrected chi connectivity index (χ1v) is 11.8. The highest BCUT2D eigenvalue weighted by molar-refractivity contribution is 7.92. The van der Waals surface area contributed by atoms with Gasteiger partial charge in [0.05, 0.1) is 16.9 Å². The summed E-state index contributed by atoms with van der Waals surface area (Å²) >= 11 is 0. The molecule has 1 unspecified atom stereocenters. The van der Waals surface area contributed by atoms with Gasteiger partial charge in [0.2, 0.25) is 15.9 Å². The van der Waals surface area contributed by atoms with E-state index in [4.69, 9.17) is 0 Å². The van der Waals surface area contributed by atoms with Crippen LogP contribution < -0.4 is 14.5 Å². The van der Waals surface area contributed by atoms with Gasteiger partial charge in [-0.2, -0.15) is 0 Å². The van der Waals surface area contributed by atoms with Gasteiger partial charge < -0.3 is 10.2 Å². The zero-order valence-electron chi connectivity index (χ0n) is 18.1. The van der Waals surface area contributed by atoms with Crippen molar-refractivity contribution in [1.29, 1.82) is 0 Å². The number of amides is 1. The van der Waals surface area contributed by atoms with E-state index < -0.39 is 26.9 Å². The molecule has 0 fully saturated rings. The maximum atomic E-state index is 12.7. The van der Waals surface area contributed by atoms with Crippen LogP contribution in [-0.4, -0.2) is 44.6 Å². The van der Waals surface area contributed by atoms with Crippen molar-refractivity contribution in [3.8, 4) is 0 Å². The monoisotopic (exact) mass is 448 g/mol. The zero-order valence-corrected chi connectivity index (χ0v) is 18.9. The standard InChI is InChI=1S/C21H28N4O5S/c1-5-23(6-2)18-12-10-17(11-13-18)15-22-21(26)16(3)24(31(4,29)30)19-8-7-9-20(14-19)25(27)28/h7-14,16H,5-6,15H2,1-4H3,(H,22,26). The van der Waals surface area contributed by atoms with E-state index in [1.54, 1.807) is 0 Å². The van der Waals surface area contributed by atoms with Crippen LogP contribution in [0.3, 0.4) is 0 Å². The van der Waals surface area contributed by atoms with Crippen LogP contribution in [0, 0.1) is 10.1 Å². The van der Waals surface area contributed by atoms with Gasteiger partial charge in [0.25, 0.3) is 5.69 Å². The highest BCUT2D eigenvalue weighted by Crippen LogP contribution is 2.25. The van der Waals surface area contributed by atoms with Crippen molar-refractivity contribution in [3.05, 3.63) is 64.2 Å². The van der Waals surface area contributed by atoms with Crippen molar-refractivity contribution < 1.29 is 18.1 Å². The first-order chi connectivity index (χ1) is 14.6. The number of nitro benzene ring substituents is 1. The molecule has 31 heavy (non-hydrogen) atoms. The van der Waals surface area contributed by atoms with Crippen molar-refractivity contribution in [3.63, 3.8) is 0 Å². The second-order valence-electron chi connectivity index (χ2n) is 7.07. The highest BCUT2D eigenvalue weighted by Gasteiger charge is 2.30. The predicted octanol–water partition coefficient (Wildman–Crippen LogP) is 2.91. The normalized spacial score (nSPS) is 12.1. The molecule has 9 nitrogen and oxygen atoms in total. The molecule has 1 amide bonds. The molecule has 2 aromatic rings. The minimum atomic E-state index is -3.86. The van der Waals surface area contributed by atoms with Crippen LogP contribution in [0.2, 0.25) is 0 Å². The zero-order chi connectivity index (χ0) is 23.2. The van der Waals surface area contributed by atoms with Crippen molar-refractivity contribution in [2.45, 2.75) is 33.4 Å². The second-order valence-corrected chi connectivity index (χ2v) is 8.93. The van der Waals surface area contributed by atoms with Crippen molar-refractivity contribution in [2.24, 2.45) is 0 Å². The first-order valence-electron chi connectivity index (χ1n) is 9.93. The molecular weight excluding hydrogens is 420 g/mol. The molecule has 0 aliphatic heterocycles. The van der Waals surface area contributed by atoms with Crippen LogP contribution in [0.1, 0.15) is 26.3 Å². The van der Waals surface area contributed by atoms with E-state index in [2.05, 4.69) is 24.1 Å². The van der Waals surface area contributed by atoms with Gasteiger partial charge in [0.1, 0.15) is 6.04 Å². The molecule has 0 aliphatic rings. The maximum absolute atomic E-state index is 12.7. The number of rotatable bonds is 10. The number of nitrogens with zero attached hydrogens (tertiary/aromatic N) is 3. The van der Waals surface area contributed by atoms with E-state index in [0.29, 0.717) is 0 Å². The maximum Gasteiger partial charge on any atom is 0.271 e. The van der Waals surface area contributed by atoms with E-state index in [1.165, 1.54) is 25.1 Å². The Hall–Kier alpha value is -3.14. The van der Waals surface area contributed by atoms with Gasteiger partial charge in [0.15, 0.2) is 0 Å². The Morgan fingerprint density at radius 1 is 1.10 bits per heavy atom. The van der Waals surface area contributed by atoms with Gasteiger partial charge in [-0.1, -0.05) is 18.2 Å². The number of hydrogen-bond donors (Lipinski definition) is 1. The topological polar surface area (TPSA) is 113 Å². The van der Waals surface area contributed by atoms with Crippen LogP contribution >= 0.6 is 0 Å². The number of sulfonamides is 1. The molecule has 0 saturated carbocycles. The molecule has 2 aromatic carbocycles. The van der Waals surface area contributed by atoms with Gasteiger partial charge in [-0.05, 0) is 44.5 Å². The fraction of sp³-hybridized carbons (Fsp3) is 0.381. The fourth-order valence-corrected chi connectivity index (χ4v) is 4.47. The third-order valence-corrected chi connectivity index (χ3v) is 6.16. The van der Waals surface area contributed by atoms with Gasteiger partial charge in [-0.25, -0.2) is 8.42 Å². The Morgan fingerprint density at radius 2 is 1.71 bits per heavy atom. The molecule has 0 saturated heterocycles. The second kappa shape index (κ2) is 10.3. The first kappa shape index (κ1) is 24.1. The lowest BCUT2D eigenvalue weighted by atomic mass is 10.2. The fourth-order valence-electron chi connectivity index (χ4n) is 3.30. The van der Waals surface area contributed by atoms with Crippen LogP contribution in [0.4, 0.5) is 17.1 Å². The number of hydrogen-bond acceptors (Lipinski definition) is 6. The largest absolute Gasteiger partial charge is 0.372 e. The number of nitro groups is 1. The SMILES string of the molecule is CCN(CC)c1ccc(CNC(=O)C(C)N(c2cccc([N+](=O)[O-])c2)S(C)(=O)=O)cc1. The molecule has 168 valence electrons. The Morgan fingerprint density at radius 3 is 2.23 bits per heavy atom. The highest BCUT2D eigenvalue weighted by atomic mass is 32.2. The van der Waals surface area contributed by atoms with Gasteiger partial charge in [-0.15, -0.1) is 0 Å². The molecule has 2 rings (SSSR count). The Bertz CT molecular complexity index is 1020. The van der Waals surface area contributed by atoms with E-state index in [-0.39, 0.29) is 17.9 Å². The molecule has 1 atom stereocenters. The third kappa shape index (κ3) is 6.17. The summed E-state index contributed by atoms with van der Waals surface area (Å²) in [5.41, 5.74) is 1.76. The number of nitrogens with one attached hydrogen (secondary N) is 1. The lowest BCUT2D eigenvalue weighted by molar-refractivity contribution is -0.384. The molecule has 0 aromatic heterocycles. The Balaban J connectivity index is 2.15. The molecule has 1 N–H and O–H groups in total. The van der Waals surface area contributed by atoms with E-state index >= 15 is 0 Å². The predicted molar refractivity (Wildman–Crippen MR) is 122 cm³/mol. The van der Waals surface area contributed by atoms with Gasteiger partial charge in [0, 0.05) is 37.5 Å². The van der Waals surface area contributed by atoms with Crippen molar-refractivity contribution in [1.82, 2.24) is 5.32 Å².